The van der Waals surface area contributed by atoms with E-state index in [0.717, 1.165) is 52.2 Å². The second-order valence-corrected chi connectivity index (χ2v) is 8.02. The first-order valence-electron chi connectivity index (χ1n) is 10.3. The van der Waals surface area contributed by atoms with Gasteiger partial charge in [-0.25, -0.2) is 9.97 Å². The van der Waals surface area contributed by atoms with Gasteiger partial charge in [-0.2, -0.15) is 0 Å². The molecule has 2 aromatic heterocycles. The molecule has 1 N–H and O–H groups in total. The van der Waals surface area contributed by atoms with E-state index in [2.05, 4.69) is 30.6 Å². The Labute approximate surface area is 171 Å². The second-order valence-electron chi connectivity index (χ2n) is 8.02. The summed E-state index contributed by atoms with van der Waals surface area (Å²) in [5.74, 6) is 0.281. The number of carboxylic acids is 1. The Morgan fingerprint density at radius 3 is 2.55 bits per heavy atom. The van der Waals surface area contributed by atoms with E-state index in [4.69, 9.17) is 9.97 Å². The maximum absolute atomic E-state index is 12.1. The lowest BCUT2D eigenvalue weighted by Crippen LogP contribution is -2.36. The van der Waals surface area contributed by atoms with Crippen molar-refractivity contribution in [2.24, 2.45) is 0 Å². The van der Waals surface area contributed by atoms with Crippen molar-refractivity contribution in [2.45, 2.75) is 58.4 Å². The normalized spacial score (nSPS) is 19.0. The number of aliphatic carboxylic acids is 1. The molecular formula is C24H27N3O2. The highest BCUT2D eigenvalue weighted by atomic mass is 16.4. The Kier molecular flexibility index (Phi) is 4.99. The van der Waals surface area contributed by atoms with Crippen molar-refractivity contribution in [3.63, 3.8) is 0 Å². The number of fused-ring (bicyclic) bond motifs is 1. The largest absolute Gasteiger partial charge is 0.481 e. The standard InChI is InChI=1S/C24H27N3O2/c1-4-20-26-21-16(2)14-17(3)25-22(21)27(20)15-18-8-10-19(11-9-18)24(23(28)29)12-6-5-7-13-24/h5-6,8-11,14H,4,7,12-13,15H2,1-3H3,(H,28,29). The number of aryl methyl sites for hydroxylation is 3. The van der Waals surface area contributed by atoms with Crippen molar-refractivity contribution in [3.8, 4) is 0 Å². The molecule has 1 aromatic carbocycles. The van der Waals surface area contributed by atoms with Gasteiger partial charge in [0.1, 0.15) is 11.3 Å². The van der Waals surface area contributed by atoms with E-state index < -0.39 is 11.4 Å². The summed E-state index contributed by atoms with van der Waals surface area (Å²) in [5, 5.41) is 9.90. The van der Waals surface area contributed by atoms with Gasteiger partial charge in [-0.1, -0.05) is 43.3 Å². The summed E-state index contributed by atoms with van der Waals surface area (Å²) in [7, 11) is 0. The van der Waals surface area contributed by atoms with Gasteiger partial charge in [0.05, 0.1) is 12.0 Å². The van der Waals surface area contributed by atoms with E-state index in [1.54, 1.807) is 0 Å². The van der Waals surface area contributed by atoms with E-state index in [9.17, 15) is 9.90 Å². The number of hydrogen-bond acceptors (Lipinski definition) is 3. The van der Waals surface area contributed by atoms with Gasteiger partial charge >= 0.3 is 5.97 Å². The van der Waals surface area contributed by atoms with Crippen LogP contribution in [0.2, 0.25) is 0 Å². The fourth-order valence-electron chi connectivity index (χ4n) is 4.41. The number of allylic oxidation sites excluding steroid dienone is 2. The number of aromatic nitrogens is 3. The molecule has 0 aliphatic heterocycles. The van der Waals surface area contributed by atoms with Crippen molar-refractivity contribution in [2.75, 3.05) is 0 Å². The van der Waals surface area contributed by atoms with Crippen molar-refractivity contribution in [1.82, 2.24) is 14.5 Å². The van der Waals surface area contributed by atoms with Crippen LogP contribution >= 0.6 is 0 Å². The van der Waals surface area contributed by atoms with Crippen LogP contribution in [-0.4, -0.2) is 25.6 Å². The topological polar surface area (TPSA) is 68.0 Å². The summed E-state index contributed by atoms with van der Waals surface area (Å²) in [6.07, 6.45) is 6.90. The number of nitrogens with zero attached hydrogens (tertiary/aromatic N) is 3. The lowest BCUT2D eigenvalue weighted by atomic mass is 9.71. The molecule has 1 aliphatic carbocycles. The van der Waals surface area contributed by atoms with Crippen LogP contribution in [-0.2, 0) is 23.2 Å². The minimum Gasteiger partial charge on any atom is -0.481 e. The van der Waals surface area contributed by atoms with Crippen LogP contribution in [0.1, 0.15) is 54.4 Å². The first-order chi connectivity index (χ1) is 13.9. The van der Waals surface area contributed by atoms with Crippen LogP contribution in [0, 0.1) is 13.8 Å². The molecule has 1 atom stereocenters. The van der Waals surface area contributed by atoms with Crippen molar-refractivity contribution in [3.05, 3.63) is 70.7 Å². The van der Waals surface area contributed by atoms with E-state index in [0.29, 0.717) is 19.4 Å². The maximum atomic E-state index is 12.1. The van der Waals surface area contributed by atoms with E-state index >= 15 is 0 Å². The summed E-state index contributed by atoms with van der Waals surface area (Å²) in [6.45, 7) is 6.87. The molecule has 0 amide bonds. The fraction of sp³-hybridized carbons (Fsp3) is 0.375. The number of carboxylic acid groups (broad SMARTS) is 1. The lowest BCUT2D eigenvalue weighted by Gasteiger charge is -2.31. The van der Waals surface area contributed by atoms with Crippen LogP contribution in [0.15, 0.2) is 42.5 Å². The zero-order valence-electron chi connectivity index (χ0n) is 17.3. The number of hydrogen-bond donors (Lipinski definition) is 1. The molecule has 29 heavy (non-hydrogen) atoms. The van der Waals surface area contributed by atoms with E-state index in [-0.39, 0.29) is 0 Å². The minimum absolute atomic E-state index is 0.552. The molecule has 0 saturated heterocycles. The van der Waals surface area contributed by atoms with Gasteiger partial charge < -0.3 is 9.67 Å². The Morgan fingerprint density at radius 1 is 1.17 bits per heavy atom. The molecule has 4 rings (SSSR count). The first-order valence-corrected chi connectivity index (χ1v) is 10.3. The van der Waals surface area contributed by atoms with Crippen molar-refractivity contribution >= 4 is 17.1 Å². The first kappa shape index (κ1) is 19.4. The molecule has 150 valence electrons. The van der Waals surface area contributed by atoms with Gasteiger partial charge in [0, 0.05) is 12.1 Å². The average molecular weight is 389 g/mol. The molecule has 0 radical (unpaired) electrons. The Hall–Kier alpha value is -2.95. The highest BCUT2D eigenvalue weighted by Gasteiger charge is 2.39. The lowest BCUT2D eigenvalue weighted by molar-refractivity contribution is -0.144. The van der Waals surface area contributed by atoms with Crippen LogP contribution in [0.25, 0.3) is 11.2 Å². The molecular weight excluding hydrogens is 362 g/mol. The molecule has 5 heteroatoms. The fourth-order valence-corrected chi connectivity index (χ4v) is 4.41. The molecule has 0 bridgehead atoms. The number of rotatable bonds is 5. The summed E-state index contributed by atoms with van der Waals surface area (Å²) < 4.78 is 2.18. The second kappa shape index (κ2) is 7.47. The minimum atomic E-state index is -0.806. The third-order valence-electron chi connectivity index (χ3n) is 6.04. The number of imidazole rings is 1. The Balaban J connectivity index is 1.69. The van der Waals surface area contributed by atoms with Crippen LogP contribution < -0.4 is 0 Å². The molecule has 0 saturated carbocycles. The van der Waals surface area contributed by atoms with Crippen molar-refractivity contribution in [1.29, 1.82) is 0 Å². The third kappa shape index (κ3) is 3.35. The van der Waals surface area contributed by atoms with Crippen LogP contribution in [0.3, 0.4) is 0 Å². The van der Waals surface area contributed by atoms with E-state index in [1.165, 1.54) is 0 Å². The molecule has 5 nitrogen and oxygen atoms in total. The van der Waals surface area contributed by atoms with Gasteiger partial charge in [0.15, 0.2) is 5.65 Å². The molecule has 0 fully saturated rings. The SMILES string of the molecule is CCc1nc2c(C)cc(C)nc2n1Cc1ccc(C2(C(=O)O)CC=CCC2)cc1. The summed E-state index contributed by atoms with van der Waals surface area (Å²) in [5.41, 5.74) is 5.21. The Morgan fingerprint density at radius 2 is 1.93 bits per heavy atom. The quantitative estimate of drug-likeness (QED) is 0.641. The van der Waals surface area contributed by atoms with Gasteiger partial charge in [-0.05, 0) is 55.9 Å². The predicted molar refractivity (Wildman–Crippen MR) is 114 cm³/mol. The third-order valence-corrected chi connectivity index (χ3v) is 6.04. The Bertz CT molecular complexity index is 1100. The van der Waals surface area contributed by atoms with Gasteiger partial charge in [0.2, 0.25) is 0 Å². The zero-order chi connectivity index (χ0) is 20.6. The molecule has 2 heterocycles. The number of pyridine rings is 1. The molecule has 1 aliphatic rings. The molecule has 0 spiro atoms. The molecule has 1 unspecified atom stereocenters. The monoisotopic (exact) mass is 389 g/mol. The molecule has 3 aromatic rings. The highest BCUT2D eigenvalue weighted by molar-refractivity contribution is 5.82. The van der Waals surface area contributed by atoms with Crippen LogP contribution in [0.4, 0.5) is 0 Å². The van der Waals surface area contributed by atoms with Gasteiger partial charge in [0.25, 0.3) is 0 Å². The summed E-state index contributed by atoms with van der Waals surface area (Å²) in [6, 6.07) is 10.1. The zero-order valence-corrected chi connectivity index (χ0v) is 17.3. The highest BCUT2D eigenvalue weighted by Crippen LogP contribution is 2.37. The smallest absolute Gasteiger partial charge is 0.314 e. The van der Waals surface area contributed by atoms with Gasteiger partial charge in [-0.15, -0.1) is 0 Å². The summed E-state index contributed by atoms with van der Waals surface area (Å²) in [4.78, 5) is 21.6. The summed E-state index contributed by atoms with van der Waals surface area (Å²) >= 11 is 0. The van der Waals surface area contributed by atoms with Crippen molar-refractivity contribution < 1.29 is 9.90 Å². The van der Waals surface area contributed by atoms with Gasteiger partial charge in [-0.3, -0.25) is 4.79 Å². The average Bonchev–Trinajstić information content (AvgIpc) is 3.07. The van der Waals surface area contributed by atoms with E-state index in [1.807, 2.05) is 37.3 Å². The predicted octanol–water partition coefficient (Wildman–Crippen LogP) is 4.72. The number of carbonyl (C=O) groups is 1. The maximum Gasteiger partial charge on any atom is 0.314 e. The number of benzene rings is 1. The van der Waals surface area contributed by atoms with Crippen LogP contribution in [0.5, 0.6) is 0 Å².